The zero-order valence-electron chi connectivity index (χ0n) is 8.63. The number of rotatable bonds is 3. The van der Waals surface area contributed by atoms with E-state index in [2.05, 4.69) is 22.9 Å². The second-order valence-electron chi connectivity index (χ2n) is 4.22. The molecule has 1 fully saturated rings. The molecule has 0 spiro atoms. The maximum Gasteiger partial charge on any atom is 0.0944 e. The molecule has 1 N–H and O–H groups in total. The Bertz CT molecular complexity index is 380. The van der Waals surface area contributed by atoms with Crippen molar-refractivity contribution in [2.75, 3.05) is 0 Å². The summed E-state index contributed by atoms with van der Waals surface area (Å²) in [5.74, 6) is 0.384. The van der Waals surface area contributed by atoms with Crippen molar-refractivity contribution in [2.24, 2.45) is 5.92 Å². The monoisotopic (exact) mass is 288 g/mol. The predicted octanol–water partition coefficient (Wildman–Crippen LogP) is 4.11. The van der Waals surface area contributed by atoms with Crippen molar-refractivity contribution in [1.82, 2.24) is 0 Å². The van der Waals surface area contributed by atoms with Gasteiger partial charge in [-0.1, -0.05) is 37.1 Å². The Hall–Kier alpha value is -0.0500. The second-order valence-corrected chi connectivity index (χ2v) is 5.45. The molecule has 0 amide bonds. The van der Waals surface area contributed by atoms with E-state index in [1.165, 1.54) is 0 Å². The average Bonchev–Trinajstić information content (AvgIpc) is 2.83. The second kappa shape index (κ2) is 4.08. The number of aliphatic hydroxyl groups is 1. The van der Waals surface area contributed by atoms with Gasteiger partial charge < -0.3 is 5.11 Å². The van der Waals surface area contributed by atoms with Gasteiger partial charge in [-0.15, -0.1) is 0 Å². The van der Waals surface area contributed by atoms with Gasteiger partial charge in [0.2, 0.25) is 0 Å². The molecule has 82 valence electrons. The first-order valence-corrected chi connectivity index (χ1v) is 6.43. The Morgan fingerprint density at radius 2 is 2.33 bits per heavy atom. The van der Waals surface area contributed by atoms with Crippen LogP contribution in [0, 0.1) is 5.92 Å². The lowest BCUT2D eigenvalue weighted by Crippen LogP contribution is -2.09. The maximum atomic E-state index is 10.4. The number of benzene rings is 1. The summed E-state index contributed by atoms with van der Waals surface area (Å²) in [6, 6.07) is 5.74. The lowest BCUT2D eigenvalue weighted by molar-refractivity contribution is 0.129. The van der Waals surface area contributed by atoms with Crippen molar-refractivity contribution in [3.8, 4) is 0 Å². The molecule has 1 saturated carbocycles. The molecular weight excluding hydrogens is 275 g/mol. The summed E-state index contributed by atoms with van der Waals surface area (Å²) in [5.41, 5.74) is 0.202. The number of hydrogen-bond acceptors (Lipinski definition) is 1. The topological polar surface area (TPSA) is 20.2 Å². The first kappa shape index (κ1) is 11.4. The van der Waals surface area contributed by atoms with Gasteiger partial charge in [-0.05, 0) is 40.8 Å². The fraction of sp³-hybridized carbons (Fsp3) is 0.500. The van der Waals surface area contributed by atoms with E-state index >= 15 is 0 Å². The Morgan fingerprint density at radius 3 is 3.00 bits per heavy atom. The Kier molecular flexibility index (Phi) is 3.11. The SMILES string of the molecule is CCCC1CC1(O)c1cccc(Br)c1Cl. The molecule has 0 heterocycles. The molecule has 1 nitrogen and oxygen atoms in total. The van der Waals surface area contributed by atoms with E-state index in [4.69, 9.17) is 11.6 Å². The van der Waals surface area contributed by atoms with Crippen LogP contribution in [0.5, 0.6) is 0 Å². The summed E-state index contributed by atoms with van der Waals surface area (Å²) in [6.45, 7) is 2.14. The molecule has 1 aromatic carbocycles. The van der Waals surface area contributed by atoms with Gasteiger partial charge in [0.1, 0.15) is 0 Å². The van der Waals surface area contributed by atoms with Crippen LogP contribution in [0.3, 0.4) is 0 Å². The fourth-order valence-electron chi connectivity index (χ4n) is 2.17. The number of hydrogen-bond donors (Lipinski definition) is 1. The van der Waals surface area contributed by atoms with E-state index in [1.807, 2.05) is 18.2 Å². The van der Waals surface area contributed by atoms with Gasteiger partial charge >= 0.3 is 0 Å². The van der Waals surface area contributed by atoms with E-state index in [1.54, 1.807) is 0 Å². The van der Waals surface area contributed by atoms with E-state index in [-0.39, 0.29) is 0 Å². The smallest absolute Gasteiger partial charge is 0.0944 e. The van der Waals surface area contributed by atoms with Crippen LogP contribution in [0.4, 0.5) is 0 Å². The Labute approximate surface area is 104 Å². The minimum Gasteiger partial charge on any atom is -0.385 e. The Morgan fingerprint density at radius 1 is 1.60 bits per heavy atom. The lowest BCUT2D eigenvalue weighted by atomic mass is 10.0. The molecule has 1 aromatic rings. The van der Waals surface area contributed by atoms with Crippen molar-refractivity contribution in [3.05, 3.63) is 33.3 Å². The molecule has 3 heteroatoms. The molecule has 2 atom stereocenters. The molecule has 1 aliphatic carbocycles. The lowest BCUT2D eigenvalue weighted by Gasteiger charge is -2.13. The van der Waals surface area contributed by atoms with Crippen LogP contribution in [0.15, 0.2) is 22.7 Å². The van der Waals surface area contributed by atoms with Crippen LogP contribution in [0.1, 0.15) is 31.7 Å². The van der Waals surface area contributed by atoms with Crippen molar-refractivity contribution in [1.29, 1.82) is 0 Å². The van der Waals surface area contributed by atoms with Gasteiger partial charge in [0.25, 0.3) is 0 Å². The van der Waals surface area contributed by atoms with Crippen LogP contribution in [-0.4, -0.2) is 5.11 Å². The van der Waals surface area contributed by atoms with Crippen molar-refractivity contribution in [2.45, 2.75) is 31.8 Å². The highest BCUT2D eigenvalue weighted by atomic mass is 79.9. The standard InChI is InChI=1S/C12H14BrClO/c1-2-4-8-7-12(8,15)9-5-3-6-10(13)11(9)14/h3,5-6,8,15H,2,4,7H2,1H3. The van der Waals surface area contributed by atoms with Gasteiger partial charge in [0.05, 0.1) is 10.6 Å². The van der Waals surface area contributed by atoms with E-state index in [0.717, 1.165) is 29.3 Å². The van der Waals surface area contributed by atoms with Gasteiger partial charge in [-0.25, -0.2) is 0 Å². The minimum atomic E-state index is -0.670. The summed E-state index contributed by atoms with van der Waals surface area (Å²) < 4.78 is 0.859. The van der Waals surface area contributed by atoms with Crippen LogP contribution < -0.4 is 0 Å². The summed E-state index contributed by atoms with van der Waals surface area (Å²) in [5, 5.41) is 11.0. The first-order chi connectivity index (χ1) is 7.09. The first-order valence-electron chi connectivity index (χ1n) is 5.26. The predicted molar refractivity (Wildman–Crippen MR) is 66.1 cm³/mol. The van der Waals surface area contributed by atoms with Gasteiger partial charge in [-0.2, -0.15) is 0 Å². The van der Waals surface area contributed by atoms with Crippen LogP contribution in [0.2, 0.25) is 5.02 Å². The molecule has 0 aliphatic heterocycles. The summed E-state index contributed by atoms with van der Waals surface area (Å²) in [7, 11) is 0. The Balaban J connectivity index is 2.28. The minimum absolute atomic E-state index is 0.384. The zero-order chi connectivity index (χ0) is 11.1. The van der Waals surface area contributed by atoms with Crippen molar-refractivity contribution >= 4 is 27.5 Å². The normalized spacial score (nSPS) is 29.2. The molecule has 1 aliphatic rings. The molecule has 0 bridgehead atoms. The summed E-state index contributed by atoms with van der Waals surface area (Å²) in [4.78, 5) is 0. The third kappa shape index (κ3) is 1.95. The maximum absolute atomic E-state index is 10.4. The molecule has 2 unspecified atom stereocenters. The van der Waals surface area contributed by atoms with Gasteiger partial charge in [0, 0.05) is 10.0 Å². The molecule has 15 heavy (non-hydrogen) atoms. The zero-order valence-corrected chi connectivity index (χ0v) is 11.0. The summed E-state index contributed by atoms with van der Waals surface area (Å²) in [6.07, 6.45) is 3.02. The third-order valence-electron chi connectivity index (χ3n) is 3.13. The van der Waals surface area contributed by atoms with E-state index < -0.39 is 5.60 Å². The van der Waals surface area contributed by atoms with Gasteiger partial charge in [0.15, 0.2) is 0 Å². The van der Waals surface area contributed by atoms with Crippen molar-refractivity contribution < 1.29 is 5.11 Å². The highest BCUT2D eigenvalue weighted by Crippen LogP contribution is 2.56. The quantitative estimate of drug-likeness (QED) is 0.888. The van der Waals surface area contributed by atoms with Crippen LogP contribution >= 0.6 is 27.5 Å². The summed E-state index contributed by atoms with van der Waals surface area (Å²) >= 11 is 9.56. The fourth-order valence-corrected chi connectivity index (χ4v) is 2.83. The number of halogens is 2. The largest absolute Gasteiger partial charge is 0.385 e. The van der Waals surface area contributed by atoms with E-state index in [9.17, 15) is 5.11 Å². The van der Waals surface area contributed by atoms with Crippen LogP contribution in [0.25, 0.3) is 0 Å². The van der Waals surface area contributed by atoms with Gasteiger partial charge in [-0.3, -0.25) is 0 Å². The molecule has 0 saturated heterocycles. The molecule has 0 radical (unpaired) electrons. The highest BCUT2D eigenvalue weighted by Gasteiger charge is 2.54. The van der Waals surface area contributed by atoms with E-state index in [0.29, 0.717) is 10.9 Å². The third-order valence-corrected chi connectivity index (χ3v) is 4.42. The highest BCUT2D eigenvalue weighted by molar-refractivity contribution is 9.10. The molecule has 0 aromatic heterocycles. The van der Waals surface area contributed by atoms with Crippen molar-refractivity contribution in [3.63, 3.8) is 0 Å². The van der Waals surface area contributed by atoms with Crippen LogP contribution in [-0.2, 0) is 5.60 Å². The molecular formula is C12H14BrClO. The molecule has 2 rings (SSSR count). The average molecular weight is 290 g/mol.